The van der Waals surface area contributed by atoms with Crippen molar-refractivity contribution < 1.29 is 0 Å². The van der Waals surface area contributed by atoms with E-state index in [2.05, 4.69) is 4.90 Å². The Morgan fingerprint density at radius 2 is 2.06 bits per heavy atom. The van der Waals surface area contributed by atoms with Gasteiger partial charge in [-0.2, -0.15) is 0 Å². The number of benzene rings is 1. The van der Waals surface area contributed by atoms with Crippen LogP contribution in [0.25, 0.3) is 0 Å². The Bertz CT molecular complexity index is 393. The van der Waals surface area contributed by atoms with Crippen LogP contribution in [0.15, 0.2) is 18.2 Å². The van der Waals surface area contributed by atoms with Crippen LogP contribution in [0, 0.1) is 0 Å². The normalized spacial score (nSPS) is 21.2. The van der Waals surface area contributed by atoms with Gasteiger partial charge in [-0.25, -0.2) is 0 Å². The van der Waals surface area contributed by atoms with Gasteiger partial charge in [0.1, 0.15) is 0 Å². The lowest BCUT2D eigenvalue weighted by atomic mass is 9.99. The third-order valence-corrected chi connectivity index (χ3v) is 4.39. The number of halogens is 3. The van der Waals surface area contributed by atoms with Gasteiger partial charge < -0.3 is 0 Å². The summed E-state index contributed by atoms with van der Waals surface area (Å²) in [5.74, 6) is 0.732. The molecule has 0 aliphatic carbocycles. The fraction of sp³-hybridized carbons (Fsp3) is 0.571. The third-order valence-electron chi connectivity index (χ3n) is 3.58. The largest absolute Gasteiger partial charge is 0.296 e. The first kappa shape index (κ1) is 14.5. The molecule has 1 aliphatic rings. The summed E-state index contributed by atoms with van der Waals surface area (Å²) in [5, 5.41) is 1.46. The summed E-state index contributed by atoms with van der Waals surface area (Å²) in [7, 11) is 0. The molecule has 1 unspecified atom stereocenters. The summed E-state index contributed by atoms with van der Waals surface area (Å²) >= 11 is 18.0. The quantitative estimate of drug-likeness (QED) is 0.709. The Balaban J connectivity index is 2.06. The van der Waals surface area contributed by atoms with Crippen molar-refractivity contribution in [2.24, 2.45) is 0 Å². The van der Waals surface area contributed by atoms with Crippen LogP contribution < -0.4 is 0 Å². The minimum absolute atomic E-state index is 0.600. The van der Waals surface area contributed by atoms with Crippen LogP contribution >= 0.6 is 34.8 Å². The molecule has 100 valence electrons. The van der Waals surface area contributed by atoms with Crippen LogP contribution in [0.5, 0.6) is 0 Å². The number of likely N-dealkylation sites (tertiary alicyclic amines) is 1. The van der Waals surface area contributed by atoms with E-state index >= 15 is 0 Å². The van der Waals surface area contributed by atoms with E-state index in [0.29, 0.717) is 11.1 Å². The van der Waals surface area contributed by atoms with Crippen LogP contribution in [0.1, 0.15) is 31.2 Å². The topological polar surface area (TPSA) is 3.24 Å². The van der Waals surface area contributed by atoms with Gasteiger partial charge in [-0.1, -0.05) is 35.7 Å². The highest BCUT2D eigenvalue weighted by Crippen LogP contribution is 2.26. The molecule has 1 fully saturated rings. The van der Waals surface area contributed by atoms with Crippen LogP contribution in [0.3, 0.4) is 0 Å². The van der Waals surface area contributed by atoms with Crippen molar-refractivity contribution in [2.75, 3.05) is 12.4 Å². The van der Waals surface area contributed by atoms with Crippen molar-refractivity contribution in [3.05, 3.63) is 33.8 Å². The molecule has 1 aromatic rings. The van der Waals surface area contributed by atoms with Gasteiger partial charge in [0.25, 0.3) is 0 Å². The molecule has 1 nitrogen and oxygen atoms in total. The Morgan fingerprint density at radius 1 is 1.22 bits per heavy atom. The van der Waals surface area contributed by atoms with E-state index in [0.717, 1.165) is 36.0 Å². The monoisotopic (exact) mass is 305 g/mol. The van der Waals surface area contributed by atoms with Crippen molar-refractivity contribution >= 4 is 34.8 Å². The molecule has 2 rings (SSSR count). The Morgan fingerprint density at radius 3 is 2.78 bits per heavy atom. The van der Waals surface area contributed by atoms with E-state index in [4.69, 9.17) is 34.8 Å². The molecule has 1 heterocycles. The average molecular weight is 307 g/mol. The number of piperidine rings is 1. The molecule has 4 heteroatoms. The van der Waals surface area contributed by atoms with Crippen molar-refractivity contribution in [3.8, 4) is 0 Å². The van der Waals surface area contributed by atoms with Gasteiger partial charge in [-0.3, -0.25) is 4.90 Å². The number of hydrogen-bond donors (Lipinski definition) is 0. The van der Waals surface area contributed by atoms with Gasteiger partial charge in [-0.15, -0.1) is 11.6 Å². The van der Waals surface area contributed by atoms with E-state index in [1.165, 1.54) is 19.3 Å². The maximum absolute atomic E-state index is 6.24. The molecule has 1 atom stereocenters. The summed E-state index contributed by atoms with van der Waals surface area (Å²) < 4.78 is 0. The van der Waals surface area contributed by atoms with E-state index < -0.39 is 0 Å². The molecular weight excluding hydrogens is 289 g/mol. The first-order chi connectivity index (χ1) is 8.70. The lowest BCUT2D eigenvalue weighted by molar-refractivity contribution is 0.137. The zero-order valence-electron chi connectivity index (χ0n) is 10.3. The Kier molecular flexibility index (Phi) is 5.62. The van der Waals surface area contributed by atoms with Crippen molar-refractivity contribution in [1.29, 1.82) is 0 Å². The highest BCUT2D eigenvalue weighted by atomic mass is 35.5. The lowest BCUT2D eigenvalue weighted by Gasteiger charge is -2.35. The molecule has 0 spiro atoms. The van der Waals surface area contributed by atoms with Crippen LogP contribution in [-0.2, 0) is 6.54 Å². The minimum atomic E-state index is 0.600. The summed E-state index contributed by atoms with van der Waals surface area (Å²) in [5.41, 5.74) is 1.16. The predicted molar refractivity (Wildman–Crippen MR) is 79.8 cm³/mol. The summed E-state index contributed by atoms with van der Waals surface area (Å²) in [4.78, 5) is 2.50. The molecule has 0 aromatic heterocycles. The summed E-state index contributed by atoms with van der Waals surface area (Å²) in [6.45, 7) is 2.04. The van der Waals surface area contributed by atoms with Crippen molar-refractivity contribution in [3.63, 3.8) is 0 Å². The molecule has 0 radical (unpaired) electrons. The lowest BCUT2D eigenvalue weighted by Crippen LogP contribution is -2.39. The maximum Gasteiger partial charge on any atom is 0.0465 e. The second kappa shape index (κ2) is 7.00. The van der Waals surface area contributed by atoms with E-state index in [-0.39, 0.29) is 0 Å². The smallest absolute Gasteiger partial charge is 0.0465 e. The Labute approximate surface area is 124 Å². The van der Waals surface area contributed by atoms with Gasteiger partial charge in [0.15, 0.2) is 0 Å². The molecule has 0 saturated carbocycles. The maximum atomic E-state index is 6.24. The van der Waals surface area contributed by atoms with Crippen LogP contribution in [-0.4, -0.2) is 23.4 Å². The van der Waals surface area contributed by atoms with Crippen LogP contribution in [0.4, 0.5) is 0 Å². The van der Waals surface area contributed by atoms with Gasteiger partial charge in [0, 0.05) is 28.5 Å². The fourth-order valence-electron chi connectivity index (χ4n) is 2.59. The predicted octanol–water partition coefficient (Wildman–Crippen LogP) is 4.98. The second-order valence-electron chi connectivity index (χ2n) is 4.83. The standard InChI is InChI=1S/C14H18Cl3N/c15-7-6-13-3-1-2-8-18(13)10-11-4-5-12(16)9-14(11)17/h4-5,9,13H,1-3,6-8,10H2. The number of nitrogens with zero attached hydrogens (tertiary/aromatic N) is 1. The minimum Gasteiger partial charge on any atom is -0.296 e. The van der Waals surface area contributed by atoms with E-state index in [9.17, 15) is 0 Å². The zero-order valence-corrected chi connectivity index (χ0v) is 12.6. The second-order valence-corrected chi connectivity index (χ2v) is 6.06. The highest BCUT2D eigenvalue weighted by Gasteiger charge is 2.22. The molecule has 1 aromatic carbocycles. The molecule has 0 amide bonds. The molecule has 1 saturated heterocycles. The first-order valence-corrected chi connectivity index (χ1v) is 7.73. The number of hydrogen-bond acceptors (Lipinski definition) is 1. The summed E-state index contributed by atoms with van der Waals surface area (Å²) in [6, 6.07) is 6.35. The van der Waals surface area contributed by atoms with Gasteiger partial charge >= 0.3 is 0 Å². The molecule has 0 N–H and O–H groups in total. The van der Waals surface area contributed by atoms with E-state index in [1.807, 2.05) is 18.2 Å². The van der Waals surface area contributed by atoms with Gasteiger partial charge in [0.05, 0.1) is 0 Å². The SMILES string of the molecule is ClCCC1CCCCN1Cc1ccc(Cl)cc1Cl. The molecular formula is C14H18Cl3N. The first-order valence-electron chi connectivity index (χ1n) is 6.44. The third kappa shape index (κ3) is 3.77. The van der Waals surface area contributed by atoms with E-state index in [1.54, 1.807) is 0 Å². The highest BCUT2D eigenvalue weighted by molar-refractivity contribution is 6.35. The summed E-state index contributed by atoms with van der Waals surface area (Å²) in [6.07, 6.45) is 4.89. The number of rotatable bonds is 4. The average Bonchev–Trinajstić information content (AvgIpc) is 2.35. The van der Waals surface area contributed by atoms with Crippen LogP contribution in [0.2, 0.25) is 10.0 Å². The molecule has 0 bridgehead atoms. The molecule has 1 aliphatic heterocycles. The fourth-order valence-corrected chi connectivity index (χ4v) is 3.31. The van der Waals surface area contributed by atoms with Gasteiger partial charge in [-0.05, 0) is 43.5 Å². The zero-order chi connectivity index (χ0) is 13.0. The molecule has 18 heavy (non-hydrogen) atoms. The Hall–Kier alpha value is 0.0500. The number of alkyl halides is 1. The van der Waals surface area contributed by atoms with Crippen molar-refractivity contribution in [1.82, 2.24) is 4.90 Å². The van der Waals surface area contributed by atoms with Gasteiger partial charge in [0.2, 0.25) is 0 Å². The van der Waals surface area contributed by atoms with Crippen molar-refractivity contribution in [2.45, 2.75) is 38.3 Å².